The fourth-order valence-electron chi connectivity index (χ4n) is 5.90. The smallest absolute Gasteiger partial charge is 0.164 e. The second-order valence-electron chi connectivity index (χ2n) is 10.5. The quantitative estimate of drug-likeness (QED) is 0.216. The molecule has 9 rings (SSSR count). The van der Waals surface area contributed by atoms with Crippen LogP contribution in [0.2, 0.25) is 0 Å². The molecule has 0 bridgehead atoms. The van der Waals surface area contributed by atoms with Gasteiger partial charge < -0.3 is 4.42 Å². The topological polar surface area (TPSA) is 51.8 Å². The van der Waals surface area contributed by atoms with Crippen LogP contribution in [0.15, 0.2) is 142 Å². The van der Waals surface area contributed by atoms with Gasteiger partial charge in [0.25, 0.3) is 0 Å². The summed E-state index contributed by atoms with van der Waals surface area (Å²) in [6.07, 6.45) is 0. The monoisotopic (exact) mass is 555 g/mol. The molecule has 0 N–H and O–H groups in total. The van der Waals surface area contributed by atoms with Gasteiger partial charge in [-0.1, -0.05) is 115 Å². The van der Waals surface area contributed by atoms with E-state index in [0.29, 0.717) is 17.5 Å². The van der Waals surface area contributed by atoms with E-state index >= 15 is 0 Å². The van der Waals surface area contributed by atoms with Crippen LogP contribution < -0.4 is 0 Å². The number of aromatic nitrogens is 3. The molecule has 0 fully saturated rings. The fraction of sp³-hybridized carbons (Fsp3) is 0. The van der Waals surface area contributed by atoms with Crippen molar-refractivity contribution in [2.24, 2.45) is 0 Å². The Morgan fingerprint density at radius 1 is 0.405 bits per heavy atom. The second-order valence-corrected chi connectivity index (χ2v) is 11.5. The third kappa shape index (κ3) is 3.67. The lowest BCUT2D eigenvalue weighted by Gasteiger charge is -2.15. The lowest BCUT2D eigenvalue weighted by Crippen LogP contribution is -2.00. The summed E-state index contributed by atoms with van der Waals surface area (Å²) in [4.78, 5) is 17.1. The van der Waals surface area contributed by atoms with Crippen LogP contribution in [-0.2, 0) is 0 Å². The van der Waals surface area contributed by atoms with Gasteiger partial charge in [0.1, 0.15) is 11.2 Å². The fourth-order valence-corrected chi connectivity index (χ4v) is 7.09. The van der Waals surface area contributed by atoms with Gasteiger partial charge in [0, 0.05) is 42.6 Å². The van der Waals surface area contributed by atoms with Crippen LogP contribution in [0.1, 0.15) is 0 Å². The van der Waals surface area contributed by atoms with Crippen molar-refractivity contribution >= 4 is 44.5 Å². The summed E-state index contributed by atoms with van der Waals surface area (Å²) in [7, 11) is 0. The molecule has 0 saturated carbocycles. The Labute approximate surface area is 245 Å². The standard InChI is InChI=1S/C37H21N3OS/c1-3-8-24(9-4-1)35-38-36(25-10-5-2-6-11-25)40-37(39-35)26-16-14-22(15-17-26)27-20-29-33-31(21-27)42-30-13-7-12-23-18-19-28(41-29)34(33)32(23)30/h1-21H. The maximum atomic E-state index is 6.40. The minimum atomic E-state index is 0.647. The molecular formula is C37H21N3OS. The van der Waals surface area contributed by atoms with Crippen LogP contribution in [0.25, 0.3) is 78.0 Å². The largest absolute Gasteiger partial charge is 0.456 e. The van der Waals surface area contributed by atoms with Gasteiger partial charge in [0.15, 0.2) is 17.5 Å². The molecular weight excluding hydrogens is 534 g/mol. The third-order valence-electron chi connectivity index (χ3n) is 7.90. The normalized spacial score (nSPS) is 12.2. The first kappa shape index (κ1) is 23.4. The molecule has 0 aliphatic carbocycles. The molecule has 8 aromatic rings. The van der Waals surface area contributed by atoms with Gasteiger partial charge in [-0.25, -0.2) is 15.0 Å². The first-order valence-electron chi connectivity index (χ1n) is 13.9. The van der Waals surface area contributed by atoms with E-state index in [1.54, 1.807) is 0 Å². The highest BCUT2D eigenvalue weighted by molar-refractivity contribution is 8.00. The molecule has 1 aliphatic rings. The molecule has 6 aromatic carbocycles. The molecule has 196 valence electrons. The van der Waals surface area contributed by atoms with E-state index in [4.69, 9.17) is 19.4 Å². The molecule has 42 heavy (non-hydrogen) atoms. The van der Waals surface area contributed by atoms with Crippen LogP contribution in [-0.4, -0.2) is 15.0 Å². The molecule has 4 nitrogen and oxygen atoms in total. The SMILES string of the molecule is c1ccc(-c2nc(-c3ccccc3)nc(-c3ccc(-c4cc5c6c(c4)oc4ccc7cccc(c7c46)S5)cc3)n2)cc1. The van der Waals surface area contributed by atoms with E-state index in [0.717, 1.165) is 39.0 Å². The maximum absolute atomic E-state index is 6.40. The molecule has 2 aromatic heterocycles. The predicted molar refractivity (Wildman–Crippen MR) is 170 cm³/mol. The Kier molecular flexibility index (Phi) is 5.10. The maximum Gasteiger partial charge on any atom is 0.164 e. The van der Waals surface area contributed by atoms with Crippen molar-refractivity contribution in [1.82, 2.24) is 15.0 Å². The molecule has 0 saturated heterocycles. The number of hydrogen-bond donors (Lipinski definition) is 0. The molecule has 0 unspecified atom stereocenters. The number of benzene rings is 6. The molecule has 0 atom stereocenters. The number of nitrogens with zero attached hydrogens (tertiary/aromatic N) is 3. The summed E-state index contributed by atoms with van der Waals surface area (Å²) in [5.41, 5.74) is 6.96. The van der Waals surface area contributed by atoms with Gasteiger partial charge in [0.05, 0.1) is 0 Å². The zero-order valence-corrected chi connectivity index (χ0v) is 23.1. The van der Waals surface area contributed by atoms with Crippen molar-refractivity contribution in [2.75, 3.05) is 0 Å². The molecule has 5 heteroatoms. The van der Waals surface area contributed by atoms with Crippen LogP contribution in [0.4, 0.5) is 0 Å². The van der Waals surface area contributed by atoms with Gasteiger partial charge in [-0.05, 0) is 40.8 Å². The van der Waals surface area contributed by atoms with Crippen LogP contribution in [0.5, 0.6) is 0 Å². The molecule has 0 spiro atoms. The molecule has 1 aliphatic heterocycles. The lowest BCUT2D eigenvalue weighted by molar-refractivity contribution is 0.669. The highest BCUT2D eigenvalue weighted by Crippen LogP contribution is 2.50. The van der Waals surface area contributed by atoms with Crippen molar-refractivity contribution in [3.05, 3.63) is 127 Å². The van der Waals surface area contributed by atoms with Crippen LogP contribution >= 0.6 is 11.8 Å². The van der Waals surface area contributed by atoms with E-state index in [-0.39, 0.29) is 0 Å². The van der Waals surface area contributed by atoms with Crippen molar-refractivity contribution in [3.63, 3.8) is 0 Å². The third-order valence-corrected chi connectivity index (χ3v) is 9.00. The average Bonchev–Trinajstić information content (AvgIpc) is 3.45. The Balaban J connectivity index is 1.15. The average molecular weight is 556 g/mol. The van der Waals surface area contributed by atoms with E-state index < -0.39 is 0 Å². The second kappa shape index (κ2) is 9.13. The van der Waals surface area contributed by atoms with Crippen LogP contribution in [0.3, 0.4) is 0 Å². The van der Waals surface area contributed by atoms with Crippen molar-refractivity contribution in [3.8, 4) is 45.3 Å². The van der Waals surface area contributed by atoms with Gasteiger partial charge in [-0.2, -0.15) is 0 Å². The first-order chi connectivity index (χ1) is 20.8. The van der Waals surface area contributed by atoms with Gasteiger partial charge >= 0.3 is 0 Å². The Bertz CT molecular complexity index is 2250. The molecule has 3 heterocycles. The van der Waals surface area contributed by atoms with Crippen LogP contribution in [0, 0.1) is 0 Å². The Morgan fingerprint density at radius 2 is 1.02 bits per heavy atom. The summed E-state index contributed by atoms with van der Waals surface area (Å²) in [6, 6.07) is 43.8. The Morgan fingerprint density at radius 3 is 1.69 bits per heavy atom. The number of furan rings is 1. The summed E-state index contributed by atoms with van der Waals surface area (Å²) in [6.45, 7) is 0. The minimum Gasteiger partial charge on any atom is -0.456 e. The van der Waals surface area contributed by atoms with E-state index in [1.807, 2.05) is 72.4 Å². The summed E-state index contributed by atoms with van der Waals surface area (Å²) in [5.74, 6) is 1.96. The summed E-state index contributed by atoms with van der Waals surface area (Å²) in [5, 5.41) is 4.99. The van der Waals surface area contributed by atoms with E-state index in [1.165, 1.54) is 31.3 Å². The van der Waals surface area contributed by atoms with Gasteiger partial charge in [-0.3, -0.25) is 0 Å². The van der Waals surface area contributed by atoms with Gasteiger partial charge in [0.2, 0.25) is 0 Å². The minimum absolute atomic E-state index is 0.647. The lowest BCUT2D eigenvalue weighted by atomic mass is 9.99. The Hall–Kier alpha value is -5.26. The zero-order valence-electron chi connectivity index (χ0n) is 22.3. The number of hydrogen-bond acceptors (Lipinski definition) is 5. The van der Waals surface area contributed by atoms with Crippen molar-refractivity contribution < 1.29 is 4.42 Å². The van der Waals surface area contributed by atoms with Crippen molar-refractivity contribution in [2.45, 2.75) is 9.79 Å². The summed E-state index contributed by atoms with van der Waals surface area (Å²) >= 11 is 1.82. The van der Waals surface area contributed by atoms with Crippen molar-refractivity contribution in [1.29, 1.82) is 0 Å². The first-order valence-corrected chi connectivity index (χ1v) is 14.7. The van der Waals surface area contributed by atoms with E-state index in [9.17, 15) is 0 Å². The van der Waals surface area contributed by atoms with Gasteiger partial charge in [-0.15, -0.1) is 0 Å². The molecule has 0 amide bonds. The predicted octanol–water partition coefficient (Wildman–Crippen LogP) is 10.1. The number of rotatable bonds is 4. The van der Waals surface area contributed by atoms with E-state index in [2.05, 4.69) is 66.7 Å². The highest BCUT2D eigenvalue weighted by atomic mass is 32.2. The summed E-state index contributed by atoms with van der Waals surface area (Å²) < 4.78 is 6.40. The zero-order chi connectivity index (χ0) is 27.6. The highest BCUT2D eigenvalue weighted by Gasteiger charge is 2.22. The molecule has 0 radical (unpaired) electrons.